The molecule has 1 aromatic rings. The fourth-order valence-electron chi connectivity index (χ4n) is 2.22. The van der Waals surface area contributed by atoms with Gasteiger partial charge in [0.15, 0.2) is 0 Å². The molecular weight excluding hydrogens is 282 g/mol. The molecule has 0 aliphatic rings. The van der Waals surface area contributed by atoms with Gasteiger partial charge in [0.1, 0.15) is 5.01 Å². The molecule has 21 heavy (non-hydrogen) atoms. The van der Waals surface area contributed by atoms with E-state index in [4.69, 9.17) is 0 Å². The molecule has 0 aliphatic carbocycles. The van der Waals surface area contributed by atoms with Crippen LogP contribution in [0.5, 0.6) is 0 Å². The molecule has 1 N–H and O–H groups in total. The van der Waals surface area contributed by atoms with Gasteiger partial charge in [-0.25, -0.2) is 0 Å². The summed E-state index contributed by atoms with van der Waals surface area (Å²) in [5.74, 6) is 0.0664. The van der Waals surface area contributed by atoms with Crippen molar-refractivity contribution in [3.63, 3.8) is 0 Å². The van der Waals surface area contributed by atoms with Crippen molar-refractivity contribution in [1.82, 2.24) is 10.2 Å². The zero-order chi connectivity index (χ0) is 15.3. The molecule has 0 unspecified atom stereocenters. The van der Waals surface area contributed by atoms with Crippen molar-refractivity contribution in [1.29, 1.82) is 0 Å². The van der Waals surface area contributed by atoms with Crippen molar-refractivity contribution in [3.05, 3.63) is 5.01 Å². The molecule has 1 aromatic heterocycles. The zero-order valence-corrected chi connectivity index (χ0v) is 14.3. The number of nitrogens with zero attached hydrogens (tertiary/aromatic N) is 2. The monoisotopic (exact) mass is 311 g/mol. The van der Waals surface area contributed by atoms with Crippen molar-refractivity contribution in [2.24, 2.45) is 0 Å². The Morgan fingerprint density at radius 2 is 1.57 bits per heavy atom. The second-order valence-electron chi connectivity index (χ2n) is 5.48. The summed E-state index contributed by atoms with van der Waals surface area (Å²) in [6.45, 7) is 4.28. The number of unbranched alkanes of at least 4 members (excludes halogenated alkanes) is 8. The lowest BCUT2D eigenvalue weighted by Crippen LogP contribution is -2.10. The van der Waals surface area contributed by atoms with E-state index < -0.39 is 0 Å². The Kier molecular flexibility index (Phi) is 10.0. The first kappa shape index (κ1) is 18.1. The lowest BCUT2D eigenvalue weighted by Gasteiger charge is -2.02. The molecule has 0 bridgehead atoms. The van der Waals surface area contributed by atoms with E-state index in [0.717, 1.165) is 24.3 Å². The Hall–Kier alpha value is -0.970. The number of carbonyl (C=O) groups excluding carboxylic acids is 1. The second kappa shape index (κ2) is 11.7. The van der Waals surface area contributed by atoms with E-state index in [1.54, 1.807) is 0 Å². The van der Waals surface area contributed by atoms with Gasteiger partial charge in [0.25, 0.3) is 0 Å². The van der Waals surface area contributed by atoms with E-state index >= 15 is 0 Å². The van der Waals surface area contributed by atoms with E-state index in [1.165, 1.54) is 56.3 Å². The summed E-state index contributed by atoms with van der Waals surface area (Å²) in [4.78, 5) is 11.7. The molecule has 0 saturated heterocycles. The van der Waals surface area contributed by atoms with Crippen LogP contribution in [0.3, 0.4) is 0 Å². The first-order valence-corrected chi connectivity index (χ1v) is 9.20. The Balaban J connectivity index is 1.96. The molecular formula is C16H29N3OS. The van der Waals surface area contributed by atoms with Crippen molar-refractivity contribution >= 4 is 22.4 Å². The molecule has 120 valence electrons. The minimum absolute atomic E-state index is 0.0664. The van der Waals surface area contributed by atoms with Crippen LogP contribution in [0.15, 0.2) is 0 Å². The molecule has 0 spiro atoms. The molecule has 1 amide bonds. The molecule has 0 aromatic carbocycles. The maximum Gasteiger partial charge on any atom is 0.226 e. The van der Waals surface area contributed by atoms with Crippen LogP contribution in [0.2, 0.25) is 0 Å². The molecule has 0 saturated carbocycles. The maximum atomic E-state index is 11.7. The van der Waals surface area contributed by atoms with Gasteiger partial charge in [-0.3, -0.25) is 4.79 Å². The largest absolute Gasteiger partial charge is 0.301 e. The highest BCUT2D eigenvalue weighted by Crippen LogP contribution is 2.16. The Labute approximate surface area is 132 Å². The highest BCUT2D eigenvalue weighted by molar-refractivity contribution is 7.15. The third kappa shape index (κ3) is 8.81. The van der Waals surface area contributed by atoms with Crippen LogP contribution in [0.4, 0.5) is 5.13 Å². The smallest absolute Gasteiger partial charge is 0.226 e. The maximum absolute atomic E-state index is 11.7. The van der Waals surface area contributed by atoms with E-state index in [1.807, 2.05) is 6.92 Å². The summed E-state index contributed by atoms with van der Waals surface area (Å²) in [7, 11) is 0. The van der Waals surface area contributed by atoms with E-state index in [0.29, 0.717) is 11.6 Å². The Morgan fingerprint density at radius 3 is 2.14 bits per heavy atom. The summed E-state index contributed by atoms with van der Waals surface area (Å²) in [6, 6.07) is 0. The third-order valence-corrected chi connectivity index (χ3v) is 4.51. The van der Waals surface area contributed by atoms with Gasteiger partial charge in [-0.05, 0) is 12.8 Å². The Bertz CT molecular complexity index is 393. The van der Waals surface area contributed by atoms with Gasteiger partial charge in [-0.15, -0.1) is 10.2 Å². The number of aromatic nitrogens is 2. The fourth-order valence-corrected chi connectivity index (χ4v) is 2.92. The minimum atomic E-state index is 0.0664. The average Bonchev–Trinajstić information content (AvgIpc) is 2.93. The number of amides is 1. The van der Waals surface area contributed by atoms with Gasteiger partial charge in [0.2, 0.25) is 11.0 Å². The van der Waals surface area contributed by atoms with Gasteiger partial charge < -0.3 is 5.32 Å². The normalized spacial score (nSPS) is 10.8. The number of carbonyl (C=O) groups is 1. The summed E-state index contributed by atoms with van der Waals surface area (Å²) in [5, 5.41) is 12.4. The van der Waals surface area contributed by atoms with Gasteiger partial charge in [-0.1, -0.05) is 76.6 Å². The number of hydrogen-bond acceptors (Lipinski definition) is 4. The van der Waals surface area contributed by atoms with Crippen molar-refractivity contribution < 1.29 is 4.79 Å². The molecule has 4 nitrogen and oxygen atoms in total. The molecule has 1 rings (SSSR count). The predicted molar refractivity (Wildman–Crippen MR) is 89.8 cm³/mol. The summed E-state index contributed by atoms with van der Waals surface area (Å²) < 4.78 is 0. The van der Waals surface area contributed by atoms with Crippen LogP contribution in [-0.4, -0.2) is 16.1 Å². The van der Waals surface area contributed by atoms with Gasteiger partial charge >= 0.3 is 0 Å². The lowest BCUT2D eigenvalue weighted by atomic mass is 10.1. The van der Waals surface area contributed by atoms with Crippen molar-refractivity contribution in [2.75, 3.05) is 5.32 Å². The lowest BCUT2D eigenvalue weighted by molar-refractivity contribution is -0.116. The molecule has 0 atom stereocenters. The van der Waals surface area contributed by atoms with Crippen LogP contribution in [0.1, 0.15) is 83.1 Å². The van der Waals surface area contributed by atoms with E-state index in [9.17, 15) is 4.79 Å². The molecule has 5 heteroatoms. The number of anilines is 1. The van der Waals surface area contributed by atoms with E-state index in [-0.39, 0.29) is 5.91 Å². The fraction of sp³-hybridized carbons (Fsp3) is 0.812. The summed E-state index contributed by atoms with van der Waals surface area (Å²) in [6.07, 6.45) is 12.9. The highest BCUT2D eigenvalue weighted by Gasteiger charge is 2.06. The van der Waals surface area contributed by atoms with Crippen LogP contribution < -0.4 is 5.32 Å². The minimum Gasteiger partial charge on any atom is -0.301 e. The standard InChI is InChI=1S/C16H29N3OS/c1-3-5-6-7-8-9-10-11-12-13-14(20)17-16-19-18-15(4-2)21-16/h3-13H2,1-2H3,(H,17,19,20). The number of hydrogen-bond donors (Lipinski definition) is 1. The number of nitrogens with one attached hydrogen (secondary N) is 1. The van der Waals surface area contributed by atoms with Gasteiger partial charge in [0, 0.05) is 6.42 Å². The second-order valence-corrected chi connectivity index (χ2v) is 6.54. The van der Waals surface area contributed by atoms with Crippen molar-refractivity contribution in [2.45, 2.75) is 84.5 Å². The molecule has 0 fully saturated rings. The topological polar surface area (TPSA) is 54.9 Å². The first-order chi connectivity index (χ1) is 10.3. The number of rotatable bonds is 12. The highest BCUT2D eigenvalue weighted by atomic mass is 32.1. The molecule has 0 aliphatic heterocycles. The zero-order valence-electron chi connectivity index (χ0n) is 13.5. The SMILES string of the molecule is CCCCCCCCCCCC(=O)Nc1nnc(CC)s1. The molecule has 0 radical (unpaired) electrons. The van der Waals surface area contributed by atoms with Crippen LogP contribution >= 0.6 is 11.3 Å². The van der Waals surface area contributed by atoms with Gasteiger partial charge in [0.05, 0.1) is 0 Å². The molecule has 1 heterocycles. The first-order valence-electron chi connectivity index (χ1n) is 8.38. The van der Waals surface area contributed by atoms with Gasteiger partial charge in [-0.2, -0.15) is 0 Å². The number of aryl methyl sites for hydroxylation is 1. The Morgan fingerprint density at radius 1 is 0.952 bits per heavy atom. The third-order valence-electron chi connectivity index (χ3n) is 3.52. The average molecular weight is 311 g/mol. The van der Waals surface area contributed by atoms with Crippen LogP contribution in [-0.2, 0) is 11.2 Å². The summed E-state index contributed by atoms with van der Waals surface area (Å²) in [5.41, 5.74) is 0. The van der Waals surface area contributed by atoms with E-state index in [2.05, 4.69) is 22.4 Å². The predicted octanol–water partition coefficient (Wildman–Crippen LogP) is 4.96. The van der Waals surface area contributed by atoms with Crippen LogP contribution in [0.25, 0.3) is 0 Å². The van der Waals surface area contributed by atoms with Crippen molar-refractivity contribution in [3.8, 4) is 0 Å². The summed E-state index contributed by atoms with van der Waals surface area (Å²) >= 11 is 1.46. The quantitative estimate of drug-likeness (QED) is 0.555. The van der Waals surface area contributed by atoms with Crippen LogP contribution in [0, 0.1) is 0 Å².